The Morgan fingerprint density at radius 1 is 0.755 bits per heavy atom. The number of aromatic nitrogens is 1. The van der Waals surface area contributed by atoms with Gasteiger partial charge in [-0.1, -0.05) is 99.3 Å². The maximum Gasteiger partial charge on any atom is 0.179 e. The van der Waals surface area contributed by atoms with Crippen LogP contribution >= 0.6 is 0 Å². The van der Waals surface area contributed by atoms with Crippen LogP contribution in [-0.2, 0) is 9.84 Å². The second kappa shape index (κ2) is 23.4. The summed E-state index contributed by atoms with van der Waals surface area (Å²) < 4.78 is 26.1. The van der Waals surface area contributed by atoms with E-state index in [1.807, 2.05) is 6.92 Å². The molecule has 9 nitrogen and oxygen atoms in total. The molecule has 1 heterocycles. The predicted molar refractivity (Wildman–Crippen MR) is 206 cm³/mol. The molecule has 10 heteroatoms. The third-order valence-corrected chi connectivity index (χ3v) is 11.4. The van der Waals surface area contributed by atoms with Gasteiger partial charge in [0.15, 0.2) is 15.7 Å². The van der Waals surface area contributed by atoms with Gasteiger partial charge in [-0.05, 0) is 74.8 Å². The van der Waals surface area contributed by atoms with E-state index in [4.69, 9.17) is 4.98 Å². The summed E-state index contributed by atoms with van der Waals surface area (Å²) in [6.07, 6.45) is 13.7. The van der Waals surface area contributed by atoms with Crippen molar-refractivity contribution in [1.82, 2.24) is 10.3 Å². The van der Waals surface area contributed by atoms with Gasteiger partial charge < -0.3 is 16.0 Å². The van der Waals surface area contributed by atoms with Gasteiger partial charge in [0, 0.05) is 25.2 Å². The van der Waals surface area contributed by atoms with Gasteiger partial charge in [-0.25, -0.2) is 13.4 Å². The van der Waals surface area contributed by atoms with Gasteiger partial charge in [-0.3, -0.25) is 0 Å². The van der Waals surface area contributed by atoms with E-state index in [1.54, 1.807) is 24.3 Å². The molecule has 3 N–H and O–H groups in total. The number of azo groups is 1. The fourth-order valence-corrected chi connectivity index (χ4v) is 7.17. The van der Waals surface area contributed by atoms with Gasteiger partial charge in [0.05, 0.1) is 21.9 Å². The van der Waals surface area contributed by atoms with Gasteiger partial charge in [-0.2, -0.15) is 10.4 Å². The van der Waals surface area contributed by atoms with Crippen molar-refractivity contribution in [2.75, 3.05) is 42.6 Å². The monoisotopic (exact) mass is 695 g/mol. The minimum Gasteiger partial charge on any atom is -0.369 e. The highest BCUT2D eigenvalue weighted by atomic mass is 32.2. The van der Waals surface area contributed by atoms with Crippen LogP contribution in [0.4, 0.5) is 23.0 Å². The van der Waals surface area contributed by atoms with Gasteiger partial charge >= 0.3 is 0 Å². The molecule has 0 spiro atoms. The Balaban J connectivity index is 2.29. The molecule has 1 aromatic heterocycles. The summed E-state index contributed by atoms with van der Waals surface area (Å²) in [5.74, 6) is 2.81. The van der Waals surface area contributed by atoms with Crippen molar-refractivity contribution < 1.29 is 8.42 Å². The largest absolute Gasteiger partial charge is 0.369 e. The van der Waals surface area contributed by atoms with Crippen LogP contribution in [0.3, 0.4) is 0 Å². The number of nitrogens with zero attached hydrogens (tertiary/aromatic N) is 4. The average Bonchev–Trinajstić information content (AvgIpc) is 3.11. The van der Waals surface area contributed by atoms with Crippen LogP contribution in [0.1, 0.15) is 130 Å². The zero-order valence-corrected chi connectivity index (χ0v) is 32.4. The summed E-state index contributed by atoms with van der Waals surface area (Å²) in [4.78, 5) is 5.19. The second-order valence-electron chi connectivity index (χ2n) is 13.5. The van der Waals surface area contributed by atoms with E-state index in [-0.39, 0.29) is 10.6 Å². The van der Waals surface area contributed by atoms with Crippen molar-refractivity contribution >= 4 is 32.8 Å². The summed E-state index contributed by atoms with van der Waals surface area (Å²) >= 11 is 0. The molecule has 0 radical (unpaired) electrons. The lowest BCUT2D eigenvalue weighted by atomic mass is 9.99. The Kier molecular flexibility index (Phi) is 20.1. The number of hydrogen-bond acceptors (Lipinski definition) is 9. The Morgan fingerprint density at radius 2 is 1.27 bits per heavy atom. The highest BCUT2D eigenvalue weighted by Crippen LogP contribution is 2.35. The molecule has 49 heavy (non-hydrogen) atoms. The number of rotatable bonds is 26. The number of unbranched alkanes of at least 4 members (excludes halogenated alkanes) is 3. The summed E-state index contributed by atoms with van der Waals surface area (Å²) in [5, 5.41) is 29.7. The number of nitriles is 1. The first kappa shape index (κ1) is 42.1. The van der Waals surface area contributed by atoms with Gasteiger partial charge in [0.25, 0.3) is 0 Å². The maximum atomic E-state index is 13.0. The number of hydrogen-bond donors (Lipinski definition) is 3. The second-order valence-corrected chi connectivity index (χ2v) is 15.6. The highest BCUT2D eigenvalue weighted by molar-refractivity contribution is 7.91. The maximum absolute atomic E-state index is 13.0. The topological polar surface area (TPSA) is 132 Å². The van der Waals surface area contributed by atoms with Gasteiger partial charge in [0.2, 0.25) is 0 Å². The van der Waals surface area contributed by atoms with Crippen LogP contribution in [0, 0.1) is 36.0 Å². The van der Waals surface area contributed by atoms with E-state index >= 15 is 0 Å². The zero-order chi connectivity index (χ0) is 36.1. The molecule has 0 aliphatic carbocycles. The smallest absolute Gasteiger partial charge is 0.179 e. The third kappa shape index (κ3) is 14.4. The van der Waals surface area contributed by atoms with Crippen LogP contribution in [0.25, 0.3) is 0 Å². The lowest BCUT2D eigenvalue weighted by Crippen LogP contribution is -2.28. The summed E-state index contributed by atoms with van der Waals surface area (Å²) in [6.45, 7) is 17.9. The van der Waals surface area contributed by atoms with Crippen LogP contribution in [0.5, 0.6) is 0 Å². The first-order valence-electron chi connectivity index (χ1n) is 19.0. The molecule has 0 saturated carbocycles. The van der Waals surface area contributed by atoms with Gasteiger partial charge in [0.1, 0.15) is 17.6 Å². The predicted octanol–water partition coefficient (Wildman–Crippen LogP) is 10.5. The quantitative estimate of drug-likeness (QED) is 0.0659. The first-order chi connectivity index (χ1) is 23.7. The number of benzene rings is 1. The zero-order valence-electron chi connectivity index (χ0n) is 31.6. The molecule has 3 atom stereocenters. The molecule has 1 aromatic carbocycles. The Morgan fingerprint density at radius 3 is 1.76 bits per heavy atom. The summed E-state index contributed by atoms with van der Waals surface area (Å²) in [7, 11) is -3.43. The van der Waals surface area contributed by atoms with Crippen molar-refractivity contribution in [3.63, 3.8) is 0 Å². The first-order valence-corrected chi connectivity index (χ1v) is 20.7. The molecule has 0 bridgehead atoms. The summed E-state index contributed by atoms with van der Waals surface area (Å²) in [5.41, 5.74) is 2.23. The molecule has 0 amide bonds. The van der Waals surface area contributed by atoms with Crippen molar-refractivity contribution in [1.29, 1.82) is 5.26 Å². The fraction of sp³-hybridized carbons (Fsp3) is 0.692. The van der Waals surface area contributed by atoms with E-state index in [2.05, 4.69) is 73.8 Å². The van der Waals surface area contributed by atoms with E-state index in [1.165, 1.54) is 32.1 Å². The Bertz CT molecular complexity index is 1400. The molecule has 0 aliphatic heterocycles. The molecule has 274 valence electrons. The van der Waals surface area contributed by atoms with Crippen molar-refractivity contribution in [3.05, 3.63) is 35.4 Å². The lowest BCUT2D eigenvalue weighted by molar-refractivity contribution is 0.424. The molecule has 0 saturated heterocycles. The average molecular weight is 696 g/mol. The standard InChI is InChI=1S/C39H65N7O2S/c1-8-14-17-31(11-4)27-41-24-25-49(47,48)35-22-20-34(21-23-35)45-46-37-30(7)36(26-40)38(42-28-32(12-5)18-15-9-2)44-39(37)43-29-33(13-6)19-16-10-3/h20-23,31-33,41H,8-19,24-25,27-29H2,1-7H3,(H2,42,43,44). The molecule has 0 aliphatic rings. The number of pyridine rings is 1. The van der Waals surface area contributed by atoms with E-state index in [0.29, 0.717) is 58.4 Å². The molecule has 3 unspecified atom stereocenters. The number of sulfone groups is 1. The van der Waals surface area contributed by atoms with Crippen LogP contribution in [0.15, 0.2) is 39.4 Å². The molecule has 2 rings (SSSR count). The normalized spacial score (nSPS) is 13.7. The highest BCUT2D eigenvalue weighted by Gasteiger charge is 2.20. The Hall–Kier alpha value is -3.03. The molecular weight excluding hydrogens is 631 g/mol. The van der Waals surface area contributed by atoms with Crippen molar-refractivity contribution in [3.8, 4) is 6.07 Å². The molecule has 0 fully saturated rings. The van der Waals surface area contributed by atoms with Crippen molar-refractivity contribution in [2.45, 2.75) is 130 Å². The minimum atomic E-state index is -3.43. The SMILES string of the molecule is CCCCC(CC)CNCCS(=O)(=O)c1ccc(N=Nc2c(NCC(CC)CCCC)nc(NCC(CC)CCCC)c(C#N)c2C)cc1. The third-order valence-electron chi connectivity index (χ3n) is 9.71. The molecule has 2 aromatic rings. The minimum absolute atomic E-state index is 0.0455. The van der Waals surface area contributed by atoms with Crippen LogP contribution in [0.2, 0.25) is 0 Å². The lowest BCUT2D eigenvalue weighted by Gasteiger charge is -2.20. The van der Waals surface area contributed by atoms with Crippen LogP contribution in [-0.4, -0.2) is 45.3 Å². The van der Waals surface area contributed by atoms with E-state index < -0.39 is 9.84 Å². The fourth-order valence-electron chi connectivity index (χ4n) is 5.98. The summed E-state index contributed by atoms with van der Waals surface area (Å²) in [6, 6.07) is 8.91. The van der Waals surface area contributed by atoms with E-state index in [9.17, 15) is 13.7 Å². The Labute approximate surface area is 298 Å². The van der Waals surface area contributed by atoms with Crippen LogP contribution < -0.4 is 16.0 Å². The molecular formula is C39H65N7O2S. The van der Waals surface area contributed by atoms with Crippen molar-refractivity contribution in [2.24, 2.45) is 28.0 Å². The van der Waals surface area contributed by atoms with Gasteiger partial charge in [-0.15, -0.1) is 5.11 Å². The van der Waals surface area contributed by atoms with E-state index in [0.717, 1.165) is 64.6 Å². The number of anilines is 2. The number of nitrogens with one attached hydrogen (secondary N) is 3.